The van der Waals surface area contributed by atoms with Gasteiger partial charge in [0, 0.05) is 16.6 Å². The summed E-state index contributed by atoms with van der Waals surface area (Å²) in [7, 11) is 0. The minimum atomic E-state index is 1.07. The van der Waals surface area contributed by atoms with Crippen LogP contribution in [0, 0.1) is 6.92 Å². The second-order valence-corrected chi connectivity index (χ2v) is 13.0. The van der Waals surface area contributed by atoms with Crippen LogP contribution in [-0.4, -0.2) is 0 Å². The van der Waals surface area contributed by atoms with E-state index in [0.29, 0.717) is 0 Å². The second-order valence-electron chi connectivity index (χ2n) is 13.0. The van der Waals surface area contributed by atoms with Gasteiger partial charge < -0.3 is 5.32 Å². The van der Waals surface area contributed by atoms with Gasteiger partial charge in [-0.05, 0) is 107 Å². The summed E-state index contributed by atoms with van der Waals surface area (Å²) in [6.07, 6.45) is 0. The smallest absolute Gasteiger partial charge is 0.0543 e. The van der Waals surface area contributed by atoms with Crippen molar-refractivity contribution in [2.45, 2.75) is 6.92 Å². The van der Waals surface area contributed by atoms with Gasteiger partial charge in [-0.15, -0.1) is 0 Å². The summed E-state index contributed by atoms with van der Waals surface area (Å²) in [6, 6.07) is 60.1. The first kappa shape index (κ1) is 27.0. The Bertz CT molecular complexity index is 2880. The zero-order valence-corrected chi connectivity index (χ0v) is 26.6. The Balaban J connectivity index is 1.15. The van der Waals surface area contributed by atoms with E-state index in [1.165, 1.54) is 92.5 Å². The Hall–Kier alpha value is -6.18. The van der Waals surface area contributed by atoms with Crippen LogP contribution in [0.5, 0.6) is 0 Å². The predicted octanol–water partition coefficient (Wildman–Crippen LogP) is 13.4. The summed E-state index contributed by atoms with van der Waals surface area (Å²) >= 11 is 0. The second kappa shape index (κ2) is 10.4. The molecule has 0 aliphatic carbocycles. The first-order chi connectivity index (χ1) is 23.7. The van der Waals surface area contributed by atoms with E-state index in [2.05, 4.69) is 176 Å². The summed E-state index contributed by atoms with van der Waals surface area (Å²) in [6.45, 7) is 2.19. The van der Waals surface area contributed by atoms with Gasteiger partial charge in [-0.3, -0.25) is 0 Å². The van der Waals surface area contributed by atoms with E-state index in [0.717, 1.165) is 11.4 Å². The number of rotatable bonds is 4. The minimum absolute atomic E-state index is 1.07. The molecule has 0 spiro atoms. The molecule has 0 unspecified atom stereocenters. The lowest BCUT2D eigenvalue weighted by Gasteiger charge is -2.18. The third-order valence-corrected chi connectivity index (χ3v) is 10.3. The zero-order valence-electron chi connectivity index (χ0n) is 26.6. The normalized spacial score (nSPS) is 11.9. The van der Waals surface area contributed by atoms with Crippen molar-refractivity contribution < 1.29 is 0 Å². The number of anilines is 2. The standard InChI is InChI=1S/C47H31N/c1-29-11-2-4-15-34(29)43-26-23-30-12-3-5-16-35(30)47(43)48-33-14-8-13-31(27-33)32-24-25-38-41-21-9-19-39-36-17-6-7-18-37(36)40-20-10-22-42(44(38)28-32)46(40)45(39)41/h2-28,48H,1H3. The summed E-state index contributed by atoms with van der Waals surface area (Å²) < 4.78 is 0. The monoisotopic (exact) mass is 609 g/mol. The molecule has 0 saturated heterocycles. The van der Waals surface area contributed by atoms with Gasteiger partial charge in [-0.1, -0.05) is 146 Å². The Kier molecular flexibility index (Phi) is 5.86. The Morgan fingerprint density at radius 1 is 0.354 bits per heavy atom. The topological polar surface area (TPSA) is 12.0 Å². The van der Waals surface area contributed by atoms with Crippen LogP contribution in [0.25, 0.3) is 86.9 Å². The fraction of sp³-hybridized carbons (Fsp3) is 0.0213. The van der Waals surface area contributed by atoms with Gasteiger partial charge in [0.2, 0.25) is 0 Å². The maximum absolute atomic E-state index is 3.87. The molecule has 0 atom stereocenters. The lowest BCUT2D eigenvalue weighted by atomic mass is 9.85. The number of benzene rings is 10. The predicted molar refractivity (Wildman–Crippen MR) is 208 cm³/mol. The number of fused-ring (bicyclic) bond motifs is 7. The van der Waals surface area contributed by atoms with Crippen LogP contribution in [0.4, 0.5) is 11.4 Å². The van der Waals surface area contributed by atoms with Crippen LogP contribution in [0.2, 0.25) is 0 Å². The van der Waals surface area contributed by atoms with Crippen molar-refractivity contribution in [2.24, 2.45) is 0 Å². The average Bonchev–Trinajstić information content (AvgIpc) is 3.15. The van der Waals surface area contributed by atoms with Gasteiger partial charge in [-0.2, -0.15) is 0 Å². The zero-order chi connectivity index (χ0) is 31.8. The lowest BCUT2D eigenvalue weighted by Crippen LogP contribution is -1.96. The van der Waals surface area contributed by atoms with Crippen molar-refractivity contribution >= 4 is 76.0 Å². The number of hydrogen-bond donors (Lipinski definition) is 1. The molecule has 224 valence electrons. The quantitative estimate of drug-likeness (QED) is 0.155. The van der Waals surface area contributed by atoms with Crippen molar-refractivity contribution in [2.75, 3.05) is 5.32 Å². The van der Waals surface area contributed by atoms with Crippen molar-refractivity contribution in [1.29, 1.82) is 0 Å². The highest BCUT2D eigenvalue weighted by atomic mass is 14.9. The summed E-state index contributed by atoms with van der Waals surface area (Å²) in [5.41, 5.74) is 8.32. The minimum Gasteiger partial charge on any atom is -0.354 e. The maximum Gasteiger partial charge on any atom is 0.0543 e. The molecule has 0 radical (unpaired) electrons. The molecule has 0 aromatic heterocycles. The Morgan fingerprint density at radius 3 is 1.65 bits per heavy atom. The molecule has 0 amide bonds. The molecule has 0 heterocycles. The molecule has 1 nitrogen and oxygen atoms in total. The van der Waals surface area contributed by atoms with E-state index < -0.39 is 0 Å². The third kappa shape index (κ3) is 3.98. The van der Waals surface area contributed by atoms with Gasteiger partial charge in [0.05, 0.1) is 5.69 Å². The number of aryl methyl sites for hydroxylation is 1. The van der Waals surface area contributed by atoms with Gasteiger partial charge in [0.1, 0.15) is 0 Å². The fourth-order valence-electron chi connectivity index (χ4n) is 8.10. The first-order valence-electron chi connectivity index (χ1n) is 16.7. The average molecular weight is 610 g/mol. The molecule has 1 heteroatoms. The fourth-order valence-corrected chi connectivity index (χ4v) is 8.10. The Morgan fingerprint density at radius 2 is 0.917 bits per heavy atom. The third-order valence-electron chi connectivity index (χ3n) is 10.3. The molecule has 1 N–H and O–H groups in total. The molecule has 10 rings (SSSR count). The molecule has 0 fully saturated rings. The van der Waals surface area contributed by atoms with Crippen LogP contribution in [-0.2, 0) is 0 Å². The van der Waals surface area contributed by atoms with Crippen LogP contribution in [0.15, 0.2) is 164 Å². The number of nitrogens with one attached hydrogen (secondary N) is 1. The largest absolute Gasteiger partial charge is 0.354 e. The van der Waals surface area contributed by atoms with E-state index in [1.54, 1.807) is 0 Å². The van der Waals surface area contributed by atoms with Gasteiger partial charge in [-0.25, -0.2) is 0 Å². The van der Waals surface area contributed by atoms with Crippen LogP contribution >= 0.6 is 0 Å². The summed E-state index contributed by atoms with van der Waals surface area (Å²) in [5, 5.41) is 19.6. The van der Waals surface area contributed by atoms with Gasteiger partial charge in [0.25, 0.3) is 0 Å². The van der Waals surface area contributed by atoms with E-state index in [9.17, 15) is 0 Å². The molecular formula is C47H31N. The first-order valence-corrected chi connectivity index (χ1v) is 16.7. The van der Waals surface area contributed by atoms with E-state index in [4.69, 9.17) is 0 Å². The van der Waals surface area contributed by atoms with E-state index in [-0.39, 0.29) is 0 Å². The van der Waals surface area contributed by atoms with Crippen molar-refractivity contribution in [3.8, 4) is 22.3 Å². The summed E-state index contributed by atoms with van der Waals surface area (Å²) in [4.78, 5) is 0. The molecule has 0 aliphatic heterocycles. The SMILES string of the molecule is Cc1ccccc1-c1ccc2ccccc2c1Nc1cccc(-c2ccc3c(c2)c2cccc4c5ccccc5c5cccc3c5c42)c1. The van der Waals surface area contributed by atoms with Crippen LogP contribution in [0.1, 0.15) is 5.56 Å². The maximum atomic E-state index is 3.87. The van der Waals surface area contributed by atoms with Crippen molar-refractivity contribution in [3.05, 3.63) is 169 Å². The molecule has 0 saturated carbocycles. The molecule has 0 bridgehead atoms. The van der Waals surface area contributed by atoms with Crippen molar-refractivity contribution in [1.82, 2.24) is 0 Å². The van der Waals surface area contributed by atoms with Gasteiger partial charge in [0.15, 0.2) is 0 Å². The summed E-state index contributed by atoms with van der Waals surface area (Å²) in [5.74, 6) is 0. The molecule has 10 aromatic rings. The van der Waals surface area contributed by atoms with Gasteiger partial charge >= 0.3 is 0 Å². The molecular weight excluding hydrogens is 579 g/mol. The highest BCUT2D eigenvalue weighted by molar-refractivity contribution is 6.40. The van der Waals surface area contributed by atoms with E-state index >= 15 is 0 Å². The molecule has 48 heavy (non-hydrogen) atoms. The molecule has 10 aromatic carbocycles. The van der Waals surface area contributed by atoms with Crippen LogP contribution in [0.3, 0.4) is 0 Å². The van der Waals surface area contributed by atoms with Crippen molar-refractivity contribution in [3.63, 3.8) is 0 Å². The highest BCUT2D eigenvalue weighted by Gasteiger charge is 2.17. The number of hydrogen-bond acceptors (Lipinski definition) is 1. The van der Waals surface area contributed by atoms with E-state index in [1.807, 2.05) is 0 Å². The lowest BCUT2D eigenvalue weighted by molar-refractivity contribution is 1.46. The Labute approximate surface area is 279 Å². The molecule has 0 aliphatic rings. The van der Waals surface area contributed by atoms with Crippen LogP contribution < -0.4 is 5.32 Å². The highest BCUT2D eigenvalue weighted by Crippen LogP contribution is 2.45.